The Morgan fingerprint density at radius 2 is 1.85 bits per heavy atom. The Kier molecular flexibility index (Phi) is 4.50. The molecule has 0 radical (unpaired) electrons. The quantitative estimate of drug-likeness (QED) is 0.540. The number of carbonyl (C=O) groups is 1. The molecule has 2 aromatic carbocycles. The van der Waals surface area contributed by atoms with Crippen LogP contribution in [0.15, 0.2) is 36.4 Å². The fraction of sp³-hybridized carbons (Fsp3) is 0.222. The smallest absolute Gasteiger partial charge is 0.342 e. The molecule has 0 saturated carbocycles. The number of aryl methyl sites for hydroxylation is 1. The number of ether oxygens (including phenoxy) is 1. The van der Waals surface area contributed by atoms with E-state index in [1.54, 1.807) is 25.1 Å². The first-order valence-corrected chi connectivity index (χ1v) is 7.78. The second kappa shape index (κ2) is 6.62. The predicted octanol–water partition coefficient (Wildman–Crippen LogP) is 4.07. The van der Waals surface area contributed by atoms with Crippen molar-refractivity contribution in [3.8, 4) is 11.5 Å². The topological polar surface area (TPSA) is 84.6 Å². The van der Waals surface area contributed by atoms with Gasteiger partial charge in [0.2, 0.25) is 0 Å². The molecule has 0 amide bonds. The Morgan fingerprint density at radius 3 is 2.54 bits per heavy atom. The van der Waals surface area contributed by atoms with Gasteiger partial charge in [0.05, 0.1) is 11.0 Å². The summed E-state index contributed by atoms with van der Waals surface area (Å²) in [5, 5.41) is 19.6. The second-order valence-corrected chi connectivity index (χ2v) is 5.78. The van der Waals surface area contributed by atoms with Gasteiger partial charge in [-0.15, -0.1) is 0 Å². The molecule has 26 heavy (non-hydrogen) atoms. The SMILES string of the molecule is Cc1ccc(C(=O)OC(C)c2nc3ccccc3n2C(F)F)c(O)c1O. The molecule has 6 nitrogen and oxygen atoms in total. The summed E-state index contributed by atoms with van der Waals surface area (Å²) < 4.78 is 32.9. The Morgan fingerprint density at radius 1 is 1.15 bits per heavy atom. The highest BCUT2D eigenvalue weighted by Crippen LogP contribution is 2.34. The first-order valence-electron chi connectivity index (χ1n) is 7.78. The molecule has 1 unspecified atom stereocenters. The number of para-hydroxylation sites is 2. The van der Waals surface area contributed by atoms with Crippen LogP contribution in [0.25, 0.3) is 11.0 Å². The number of hydrogen-bond acceptors (Lipinski definition) is 5. The van der Waals surface area contributed by atoms with Gasteiger partial charge in [0.1, 0.15) is 5.56 Å². The van der Waals surface area contributed by atoms with Gasteiger partial charge < -0.3 is 14.9 Å². The number of esters is 1. The van der Waals surface area contributed by atoms with Gasteiger partial charge in [-0.1, -0.05) is 18.2 Å². The molecular formula is C18H16F2N2O4. The van der Waals surface area contributed by atoms with Crippen molar-refractivity contribution in [2.45, 2.75) is 26.5 Å². The highest BCUT2D eigenvalue weighted by atomic mass is 19.3. The Bertz CT molecular complexity index is 985. The number of imidazole rings is 1. The van der Waals surface area contributed by atoms with Crippen LogP contribution in [-0.2, 0) is 4.74 Å². The Hall–Kier alpha value is -3.16. The van der Waals surface area contributed by atoms with Crippen LogP contribution in [0.3, 0.4) is 0 Å². The first-order chi connectivity index (χ1) is 12.3. The van der Waals surface area contributed by atoms with E-state index >= 15 is 0 Å². The number of rotatable bonds is 4. The molecule has 0 spiro atoms. The van der Waals surface area contributed by atoms with Crippen molar-refractivity contribution in [3.05, 3.63) is 53.3 Å². The van der Waals surface area contributed by atoms with Crippen molar-refractivity contribution in [1.82, 2.24) is 9.55 Å². The number of carbonyl (C=O) groups excluding carboxylic acids is 1. The van der Waals surface area contributed by atoms with Crippen molar-refractivity contribution in [1.29, 1.82) is 0 Å². The van der Waals surface area contributed by atoms with Crippen molar-refractivity contribution >= 4 is 17.0 Å². The molecule has 0 aliphatic rings. The van der Waals surface area contributed by atoms with E-state index in [0.29, 0.717) is 15.6 Å². The van der Waals surface area contributed by atoms with E-state index in [0.717, 1.165) is 0 Å². The predicted molar refractivity (Wildman–Crippen MR) is 89.3 cm³/mol. The summed E-state index contributed by atoms with van der Waals surface area (Å²) in [4.78, 5) is 16.4. The lowest BCUT2D eigenvalue weighted by molar-refractivity contribution is 0.0230. The molecule has 0 fully saturated rings. The molecule has 1 atom stereocenters. The number of nitrogens with zero attached hydrogens (tertiary/aromatic N) is 2. The third kappa shape index (κ3) is 2.94. The van der Waals surface area contributed by atoms with Crippen LogP contribution in [0.5, 0.6) is 11.5 Å². The van der Waals surface area contributed by atoms with Crippen molar-refractivity contribution in [2.75, 3.05) is 0 Å². The van der Waals surface area contributed by atoms with Crippen LogP contribution >= 0.6 is 0 Å². The minimum atomic E-state index is -2.87. The summed E-state index contributed by atoms with van der Waals surface area (Å²) in [7, 11) is 0. The lowest BCUT2D eigenvalue weighted by atomic mass is 10.1. The number of alkyl halides is 2. The van der Waals surface area contributed by atoms with Crippen LogP contribution in [0.2, 0.25) is 0 Å². The largest absolute Gasteiger partial charge is 0.504 e. The lowest BCUT2D eigenvalue weighted by Gasteiger charge is -2.16. The summed E-state index contributed by atoms with van der Waals surface area (Å²) in [5.41, 5.74) is 0.684. The van der Waals surface area contributed by atoms with Crippen LogP contribution in [0.4, 0.5) is 8.78 Å². The molecule has 1 aromatic heterocycles. The summed E-state index contributed by atoms with van der Waals surface area (Å²) in [6.07, 6.45) is -1.10. The Labute approximate surface area is 147 Å². The zero-order chi connectivity index (χ0) is 19.0. The van der Waals surface area contributed by atoms with Crippen LogP contribution in [0, 0.1) is 6.92 Å². The van der Waals surface area contributed by atoms with E-state index < -0.39 is 30.1 Å². The van der Waals surface area contributed by atoms with E-state index in [9.17, 15) is 23.8 Å². The fourth-order valence-corrected chi connectivity index (χ4v) is 2.68. The van der Waals surface area contributed by atoms with Gasteiger partial charge in [0.25, 0.3) is 0 Å². The standard InChI is InChI=1S/C18H16F2N2O4/c1-9-7-8-11(15(24)14(9)23)17(25)26-10(2)16-21-12-5-3-4-6-13(12)22(16)18(19)20/h3-8,10,18,23-24H,1-2H3. The van der Waals surface area contributed by atoms with Gasteiger partial charge in [-0.2, -0.15) is 8.78 Å². The number of aromatic hydroxyl groups is 2. The highest BCUT2D eigenvalue weighted by molar-refractivity contribution is 5.93. The molecule has 0 aliphatic carbocycles. The van der Waals surface area contributed by atoms with Crippen molar-refractivity contribution < 1.29 is 28.5 Å². The van der Waals surface area contributed by atoms with Crippen molar-refractivity contribution in [3.63, 3.8) is 0 Å². The minimum absolute atomic E-state index is 0.120. The third-order valence-electron chi connectivity index (χ3n) is 4.04. The van der Waals surface area contributed by atoms with Crippen LogP contribution in [-0.4, -0.2) is 25.7 Å². The maximum Gasteiger partial charge on any atom is 0.342 e. The van der Waals surface area contributed by atoms with Gasteiger partial charge in [0.15, 0.2) is 23.4 Å². The molecule has 3 rings (SSSR count). The van der Waals surface area contributed by atoms with Crippen molar-refractivity contribution in [2.24, 2.45) is 0 Å². The molecule has 8 heteroatoms. The van der Waals surface area contributed by atoms with Gasteiger partial charge in [-0.3, -0.25) is 4.57 Å². The maximum absolute atomic E-state index is 13.5. The number of benzene rings is 2. The number of hydrogen-bond donors (Lipinski definition) is 2. The Balaban J connectivity index is 1.95. The zero-order valence-corrected chi connectivity index (χ0v) is 14.0. The fourth-order valence-electron chi connectivity index (χ4n) is 2.68. The molecule has 0 saturated heterocycles. The van der Waals surface area contributed by atoms with E-state index in [2.05, 4.69) is 4.98 Å². The normalized spacial score (nSPS) is 12.5. The summed E-state index contributed by atoms with van der Waals surface area (Å²) in [6.45, 7) is 0.0938. The average molecular weight is 362 g/mol. The van der Waals surface area contributed by atoms with Gasteiger partial charge in [0, 0.05) is 0 Å². The monoisotopic (exact) mass is 362 g/mol. The van der Waals surface area contributed by atoms with Crippen LogP contribution in [0.1, 0.15) is 41.3 Å². The second-order valence-electron chi connectivity index (χ2n) is 5.78. The first kappa shape index (κ1) is 17.7. The molecule has 136 valence electrons. The number of phenolic OH excluding ortho intramolecular Hbond substituents is 2. The highest BCUT2D eigenvalue weighted by Gasteiger charge is 2.26. The lowest BCUT2D eigenvalue weighted by Crippen LogP contribution is -2.15. The summed E-state index contributed by atoms with van der Waals surface area (Å²) in [6, 6.07) is 9.07. The molecule has 1 heterocycles. The van der Waals surface area contributed by atoms with E-state index in [-0.39, 0.29) is 16.9 Å². The maximum atomic E-state index is 13.5. The average Bonchev–Trinajstić information content (AvgIpc) is 2.99. The van der Waals surface area contributed by atoms with Gasteiger partial charge >= 0.3 is 12.5 Å². The van der Waals surface area contributed by atoms with Crippen LogP contribution < -0.4 is 0 Å². The zero-order valence-electron chi connectivity index (χ0n) is 14.0. The number of halogens is 2. The van der Waals surface area contributed by atoms with Gasteiger partial charge in [-0.25, -0.2) is 9.78 Å². The van der Waals surface area contributed by atoms with E-state index in [1.165, 1.54) is 25.1 Å². The molecular weight excluding hydrogens is 346 g/mol. The molecule has 2 N–H and O–H groups in total. The molecule has 0 bridgehead atoms. The third-order valence-corrected chi connectivity index (χ3v) is 4.04. The molecule has 3 aromatic rings. The van der Waals surface area contributed by atoms with E-state index in [1.807, 2.05) is 0 Å². The number of fused-ring (bicyclic) bond motifs is 1. The minimum Gasteiger partial charge on any atom is -0.504 e. The van der Waals surface area contributed by atoms with E-state index in [4.69, 9.17) is 4.74 Å². The van der Waals surface area contributed by atoms with Gasteiger partial charge in [-0.05, 0) is 37.6 Å². The summed E-state index contributed by atoms with van der Waals surface area (Å²) >= 11 is 0. The number of phenols is 2. The number of aromatic nitrogens is 2. The summed E-state index contributed by atoms with van der Waals surface area (Å²) in [5.74, 6) is -2.14. The molecule has 0 aliphatic heterocycles.